The van der Waals surface area contributed by atoms with Crippen LogP contribution in [-0.2, 0) is 0 Å². The van der Waals surface area contributed by atoms with E-state index in [0.717, 1.165) is 0 Å². The van der Waals surface area contributed by atoms with Crippen LogP contribution < -0.4 is 0 Å². The lowest BCUT2D eigenvalue weighted by molar-refractivity contribution is 0.469. The second-order valence-electron chi connectivity index (χ2n) is 2.20. The van der Waals surface area contributed by atoms with E-state index in [-0.39, 0.29) is 5.75 Å². The van der Waals surface area contributed by atoms with E-state index >= 15 is 0 Å². The van der Waals surface area contributed by atoms with E-state index in [1.807, 2.05) is 22.6 Å². The lowest BCUT2D eigenvalue weighted by Crippen LogP contribution is -1.88. The predicted molar refractivity (Wildman–Crippen MR) is 51.7 cm³/mol. The average Bonchev–Trinajstić information content (AvgIpc) is 2.07. The highest BCUT2D eigenvalue weighted by Gasteiger charge is 2.02. The van der Waals surface area contributed by atoms with Crippen LogP contribution in [0.2, 0.25) is 0 Å². The number of halogens is 1. The van der Waals surface area contributed by atoms with Crippen LogP contribution in [0.4, 0.5) is 0 Å². The zero-order valence-corrected chi connectivity index (χ0v) is 8.06. The van der Waals surface area contributed by atoms with Crippen LogP contribution in [0.25, 0.3) is 11.2 Å². The molecule has 0 aliphatic heterocycles. The third-order valence-electron chi connectivity index (χ3n) is 1.40. The number of aromatic hydroxyl groups is 1. The minimum atomic E-state index is 0.142. The van der Waals surface area contributed by atoms with Gasteiger partial charge in [0.05, 0.1) is 0 Å². The molecule has 0 saturated carbocycles. The van der Waals surface area contributed by atoms with Crippen molar-refractivity contribution in [3.8, 4) is 5.75 Å². The number of aromatic nitrogens is 3. The van der Waals surface area contributed by atoms with Crippen molar-refractivity contribution >= 4 is 33.8 Å². The van der Waals surface area contributed by atoms with Gasteiger partial charge in [-0.3, -0.25) is 4.98 Å². The fourth-order valence-corrected chi connectivity index (χ4v) is 1.25. The molecule has 2 heterocycles. The maximum absolute atomic E-state index is 9.28. The van der Waals surface area contributed by atoms with Crippen molar-refractivity contribution in [2.75, 3.05) is 0 Å². The van der Waals surface area contributed by atoms with Crippen molar-refractivity contribution in [2.24, 2.45) is 0 Å². The third-order valence-corrected chi connectivity index (χ3v) is 2.19. The standard InChI is InChI=1S/C7H4IN3O/c8-6-5(12)3-4-7(11-6)10-2-1-9-4/h1-3,12H. The molecule has 1 N–H and O–H groups in total. The highest BCUT2D eigenvalue weighted by atomic mass is 127. The summed E-state index contributed by atoms with van der Waals surface area (Å²) >= 11 is 1.94. The van der Waals surface area contributed by atoms with E-state index < -0.39 is 0 Å². The third kappa shape index (κ3) is 1.20. The van der Waals surface area contributed by atoms with Crippen LogP contribution in [0.15, 0.2) is 18.5 Å². The van der Waals surface area contributed by atoms with Gasteiger partial charge >= 0.3 is 0 Å². The Balaban J connectivity index is 2.84. The number of hydrogen-bond donors (Lipinski definition) is 1. The second kappa shape index (κ2) is 2.81. The molecule has 5 heteroatoms. The molecule has 0 spiro atoms. The quantitative estimate of drug-likeness (QED) is 0.581. The first kappa shape index (κ1) is 7.66. The van der Waals surface area contributed by atoms with Crippen LogP contribution >= 0.6 is 22.6 Å². The Labute approximate surface area is 81.8 Å². The van der Waals surface area contributed by atoms with E-state index in [4.69, 9.17) is 0 Å². The van der Waals surface area contributed by atoms with Gasteiger partial charge in [-0.1, -0.05) is 0 Å². The van der Waals surface area contributed by atoms with Crippen LogP contribution in [0.1, 0.15) is 0 Å². The summed E-state index contributed by atoms with van der Waals surface area (Å²) in [5, 5.41) is 9.28. The minimum absolute atomic E-state index is 0.142. The molecular weight excluding hydrogens is 269 g/mol. The van der Waals surface area contributed by atoms with Gasteiger partial charge in [0.2, 0.25) is 0 Å². The van der Waals surface area contributed by atoms with Gasteiger partial charge in [0.1, 0.15) is 15.0 Å². The molecule has 2 rings (SSSR count). The summed E-state index contributed by atoms with van der Waals surface area (Å²) in [6.45, 7) is 0. The van der Waals surface area contributed by atoms with Gasteiger partial charge in [0, 0.05) is 18.5 Å². The van der Waals surface area contributed by atoms with Crippen LogP contribution in [0.5, 0.6) is 5.75 Å². The number of fused-ring (bicyclic) bond motifs is 1. The normalized spacial score (nSPS) is 10.4. The van der Waals surface area contributed by atoms with Crippen molar-refractivity contribution in [3.05, 3.63) is 22.2 Å². The Morgan fingerprint density at radius 1 is 1.25 bits per heavy atom. The molecule has 12 heavy (non-hydrogen) atoms. The molecule has 0 aliphatic carbocycles. The summed E-state index contributed by atoms with van der Waals surface area (Å²) in [6.07, 6.45) is 3.14. The van der Waals surface area contributed by atoms with E-state index in [0.29, 0.717) is 14.9 Å². The number of pyridine rings is 1. The van der Waals surface area contributed by atoms with Gasteiger partial charge in [-0.2, -0.15) is 0 Å². The highest BCUT2D eigenvalue weighted by Crippen LogP contribution is 2.19. The molecule has 60 valence electrons. The molecule has 0 amide bonds. The minimum Gasteiger partial charge on any atom is -0.505 e. The van der Waals surface area contributed by atoms with Gasteiger partial charge in [0.15, 0.2) is 5.65 Å². The molecule has 0 saturated heterocycles. The SMILES string of the molecule is Oc1cc2nccnc2nc1I. The van der Waals surface area contributed by atoms with Crippen LogP contribution in [0, 0.1) is 3.70 Å². The smallest absolute Gasteiger partial charge is 0.179 e. The molecule has 4 nitrogen and oxygen atoms in total. The fourth-order valence-electron chi connectivity index (χ4n) is 0.869. The Hall–Kier alpha value is -0.980. The maximum Gasteiger partial charge on any atom is 0.179 e. The lowest BCUT2D eigenvalue weighted by atomic mass is 10.4. The summed E-state index contributed by atoms with van der Waals surface area (Å²) in [4.78, 5) is 12.0. The van der Waals surface area contributed by atoms with E-state index in [2.05, 4.69) is 15.0 Å². The zero-order chi connectivity index (χ0) is 8.55. The molecule has 0 aromatic carbocycles. The average molecular weight is 273 g/mol. The van der Waals surface area contributed by atoms with Crippen molar-refractivity contribution in [2.45, 2.75) is 0 Å². The molecule has 2 aromatic heterocycles. The largest absolute Gasteiger partial charge is 0.505 e. The van der Waals surface area contributed by atoms with Crippen molar-refractivity contribution in [1.29, 1.82) is 0 Å². The monoisotopic (exact) mass is 273 g/mol. The molecule has 0 bridgehead atoms. The summed E-state index contributed by atoms with van der Waals surface area (Å²) < 4.78 is 0.542. The molecule has 0 radical (unpaired) electrons. The topological polar surface area (TPSA) is 58.9 Å². The summed E-state index contributed by atoms with van der Waals surface area (Å²) in [7, 11) is 0. The van der Waals surface area contributed by atoms with E-state index in [1.54, 1.807) is 18.5 Å². The lowest BCUT2D eigenvalue weighted by Gasteiger charge is -1.97. The zero-order valence-electron chi connectivity index (χ0n) is 5.90. The fraction of sp³-hybridized carbons (Fsp3) is 0. The summed E-state index contributed by atoms with van der Waals surface area (Å²) in [5.74, 6) is 0.142. The number of nitrogens with zero attached hydrogens (tertiary/aromatic N) is 3. The first-order valence-electron chi connectivity index (χ1n) is 3.23. The van der Waals surface area contributed by atoms with Gasteiger partial charge in [0.25, 0.3) is 0 Å². The Morgan fingerprint density at radius 3 is 2.83 bits per heavy atom. The molecule has 2 aromatic rings. The molecule has 0 fully saturated rings. The van der Waals surface area contributed by atoms with Gasteiger partial charge in [-0.25, -0.2) is 9.97 Å². The molecular formula is C7H4IN3O. The van der Waals surface area contributed by atoms with E-state index in [1.165, 1.54) is 0 Å². The Morgan fingerprint density at radius 2 is 2.00 bits per heavy atom. The summed E-state index contributed by atoms with van der Waals surface area (Å²) in [6, 6.07) is 1.55. The maximum atomic E-state index is 9.28. The van der Waals surface area contributed by atoms with Crippen LogP contribution in [0.3, 0.4) is 0 Å². The molecule has 0 unspecified atom stereocenters. The Bertz CT molecular complexity index is 391. The molecule has 0 atom stereocenters. The highest BCUT2D eigenvalue weighted by molar-refractivity contribution is 14.1. The van der Waals surface area contributed by atoms with Gasteiger partial charge < -0.3 is 5.11 Å². The number of rotatable bonds is 0. The number of hydrogen-bond acceptors (Lipinski definition) is 4. The van der Waals surface area contributed by atoms with E-state index in [9.17, 15) is 5.11 Å². The summed E-state index contributed by atoms with van der Waals surface area (Å²) in [5.41, 5.74) is 1.16. The Kier molecular flexibility index (Phi) is 1.80. The van der Waals surface area contributed by atoms with Gasteiger partial charge in [-0.05, 0) is 22.6 Å². The first-order valence-corrected chi connectivity index (χ1v) is 4.31. The van der Waals surface area contributed by atoms with Crippen LogP contribution in [-0.4, -0.2) is 20.1 Å². The van der Waals surface area contributed by atoms with Gasteiger partial charge in [-0.15, -0.1) is 0 Å². The second-order valence-corrected chi connectivity index (χ2v) is 3.22. The predicted octanol–water partition coefficient (Wildman–Crippen LogP) is 1.33. The van der Waals surface area contributed by atoms with Crippen molar-refractivity contribution in [3.63, 3.8) is 0 Å². The molecule has 0 aliphatic rings. The van der Waals surface area contributed by atoms with Crippen molar-refractivity contribution < 1.29 is 5.11 Å². The van der Waals surface area contributed by atoms with Crippen molar-refractivity contribution in [1.82, 2.24) is 15.0 Å². The first-order chi connectivity index (χ1) is 5.77.